The van der Waals surface area contributed by atoms with Crippen molar-refractivity contribution in [3.8, 4) is 11.8 Å². The highest BCUT2D eigenvalue weighted by Crippen LogP contribution is 2.29. The van der Waals surface area contributed by atoms with E-state index < -0.39 is 5.92 Å². The molecule has 2 aromatic heterocycles. The van der Waals surface area contributed by atoms with E-state index in [-0.39, 0.29) is 5.56 Å². The minimum atomic E-state index is -0.720. The lowest BCUT2D eigenvalue weighted by Gasteiger charge is -2.13. The molecule has 0 aliphatic carbocycles. The van der Waals surface area contributed by atoms with Crippen LogP contribution in [0.5, 0.6) is 0 Å². The van der Waals surface area contributed by atoms with Crippen LogP contribution in [-0.4, -0.2) is 19.3 Å². The lowest BCUT2D eigenvalue weighted by molar-refractivity contribution is 0.754. The molecular weight excluding hydrogens is 406 g/mol. The molecule has 1 atom stereocenters. The predicted molar refractivity (Wildman–Crippen MR) is 106 cm³/mol. The van der Waals surface area contributed by atoms with Crippen LogP contribution in [0.1, 0.15) is 17.3 Å². The highest BCUT2D eigenvalue weighted by atomic mass is 79.9. The van der Waals surface area contributed by atoms with Gasteiger partial charge in [-0.15, -0.1) is 0 Å². The fourth-order valence-electron chi connectivity index (χ4n) is 3.09. The van der Waals surface area contributed by atoms with Gasteiger partial charge >= 0.3 is 0 Å². The molecular formula is C20H14BrN5O. The molecule has 0 bridgehead atoms. The largest absolute Gasteiger partial charge is 0.330 e. The molecule has 0 saturated heterocycles. The number of aryl methyl sites for hydroxylation is 1. The Morgan fingerprint density at radius 1 is 1.11 bits per heavy atom. The number of nitrogens with zero attached hydrogens (tertiary/aromatic N) is 5. The molecule has 0 aliphatic rings. The van der Waals surface area contributed by atoms with Crippen molar-refractivity contribution < 1.29 is 0 Å². The lowest BCUT2D eigenvalue weighted by Crippen LogP contribution is -2.24. The van der Waals surface area contributed by atoms with Crippen molar-refractivity contribution in [1.29, 1.82) is 5.26 Å². The molecule has 2 aromatic carbocycles. The van der Waals surface area contributed by atoms with Crippen molar-refractivity contribution in [2.24, 2.45) is 7.05 Å². The van der Waals surface area contributed by atoms with Crippen LogP contribution in [0.25, 0.3) is 16.7 Å². The summed E-state index contributed by atoms with van der Waals surface area (Å²) < 4.78 is 3.48. The van der Waals surface area contributed by atoms with Gasteiger partial charge < -0.3 is 4.57 Å². The Morgan fingerprint density at radius 3 is 2.52 bits per heavy atom. The van der Waals surface area contributed by atoms with Crippen LogP contribution in [0.15, 0.2) is 70.1 Å². The summed E-state index contributed by atoms with van der Waals surface area (Å²) in [5.74, 6) is -0.152. The van der Waals surface area contributed by atoms with Gasteiger partial charge in [-0.05, 0) is 40.2 Å². The summed E-state index contributed by atoms with van der Waals surface area (Å²) in [5.41, 5.74) is 2.56. The standard InChI is InChI=1S/C20H14BrN5O/c1-25-17-10-6-5-9-16(17)24-19(25)14(11-22)15-12-23-26(20(27)18(15)21)13-7-3-2-4-8-13/h2-10,12,14H,1H3/t14-/m1/s1. The smallest absolute Gasteiger partial charge is 0.286 e. The molecule has 6 nitrogen and oxygen atoms in total. The maximum atomic E-state index is 12.8. The summed E-state index contributed by atoms with van der Waals surface area (Å²) in [6, 6.07) is 19.1. The topological polar surface area (TPSA) is 76.5 Å². The molecule has 0 amide bonds. The number of halogens is 1. The predicted octanol–water partition coefficient (Wildman–Crippen LogP) is 3.54. The van der Waals surface area contributed by atoms with Crippen LogP contribution >= 0.6 is 15.9 Å². The SMILES string of the molecule is Cn1c([C@H](C#N)c2cnn(-c3ccccc3)c(=O)c2Br)nc2ccccc21. The zero-order chi connectivity index (χ0) is 19.0. The Kier molecular flexibility index (Phi) is 4.34. The monoisotopic (exact) mass is 419 g/mol. The van der Waals surface area contributed by atoms with Crippen LogP contribution in [0.3, 0.4) is 0 Å². The Morgan fingerprint density at radius 2 is 1.81 bits per heavy atom. The second-order valence-corrected chi connectivity index (χ2v) is 6.84. The van der Waals surface area contributed by atoms with Gasteiger partial charge in [0.25, 0.3) is 5.56 Å². The second-order valence-electron chi connectivity index (χ2n) is 6.05. The summed E-state index contributed by atoms with van der Waals surface area (Å²) in [7, 11) is 1.86. The maximum Gasteiger partial charge on any atom is 0.286 e. The van der Waals surface area contributed by atoms with Crippen LogP contribution in [0.2, 0.25) is 0 Å². The average Bonchev–Trinajstić information content (AvgIpc) is 3.03. The molecule has 0 aliphatic heterocycles. The van der Waals surface area contributed by atoms with Crippen molar-refractivity contribution >= 4 is 27.0 Å². The summed E-state index contributed by atoms with van der Waals surface area (Å²) in [5, 5.41) is 14.1. The van der Waals surface area contributed by atoms with Crippen molar-refractivity contribution in [3.05, 3.63) is 87.0 Å². The third kappa shape index (κ3) is 2.84. The number of para-hydroxylation sites is 3. The van der Waals surface area contributed by atoms with E-state index in [0.717, 1.165) is 11.0 Å². The fourth-order valence-corrected chi connectivity index (χ4v) is 3.59. The first kappa shape index (κ1) is 17.2. The Hall–Kier alpha value is -3.24. The summed E-state index contributed by atoms with van der Waals surface area (Å²) in [6.45, 7) is 0. The van der Waals surface area contributed by atoms with Gasteiger partial charge in [-0.1, -0.05) is 30.3 Å². The molecule has 2 heterocycles. The number of rotatable bonds is 3. The second kappa shape index (κ2) is 6.82. The van der Waals surface area contributed by atoms with Gasteiger partial charge in [0.05, 0.1) is 33.5 Å². The van der Waals surface area contributed by atoms with Crippen LogP contribution in [0, 0.1) is 11.3 Å². The first-order valence-corrected chi connectivity index (χ1v) is 9.05. The summed E-state index contributed by atoms with van der Waals surface area (Å²) in [4.78, 5) is 17.4. The number of hydrogen-bond acceptors (Lipinski definition) is 4. The van der Waals surface area contributed by atoms with E-state index in [2.05, 4.69) is 32.1 Å². The molecule has 0 spiro atoms. The molecule has 4 aromatic rings. The molecule has 27 heavy (non-hydrogen) atoms. The normalized spacial score (nSPS) is 12.0. The molecule has 4 rings (SSSR count). The average molecular weight is 420 g/mol. The summed E-state index contributed by atoms with van der Waals surface area (Å²) >= 11 is 3.37. The highest BCUT2D eigenvalue weighted by Gasteiger charge is 2.25. The van der Waals surface area contributed by atoms with Gasteiger partial charge in [0.1, 0.15) is 11.7 Å². The highest BCUT2D eigenvalue weighted by molar-refractivity contribution is 9.10. The zero-order valence-electron chi connectivity index (χ0n) is 14.4. The van der Waals surface area contributed by atoms with Crippen molar-refractivity contribution in [2.75, 3.05) is 0 Å². The third-order valence-corrected chi connectivity index (χ3v) is 5.26. The van der Waals surface area contributed by atoms with E-state index in [4.69, 9.17) is 0 Å². The van der Waals surface area contributed by atoms with E-state index in [1.807, 2.05) is 54.1 Å². The van der Waals surface area contributed by atoms with Crippen LogP contribution < -0.4 is 5.56 Å². The molecule has 0 saturated carbocycles. The van der Waals surface area contributed by atoms with E-state index in [0.29, 0.717) is 21.5 Å². The van der Waals surface area contributed by atoms with Crippen molar-refractivity contribution in [3.63, 3.8) is 0 Å². The zero-order valence-corrected chi connectivity index (χ0v) is 16.0. The van der Waals surface area contributed by atoms with Gasteiger partial charge in [-0.3, -0.25) is 4.79 Å². The van der Waals surface area contributed by atoms with Gasteiger partial charge in [0.2, 0.25) is 0 Å². The lowest BCUT2D eigenvalue weighted by atomic mass is 10.0. The Bertz CT molecular complexity index is 1240. The number of aromatic nitrogens is 4. The number of fused-ring (bicyclic) bond motifs is 1. The van der Waals surface area contributed by atoms with Crippen molar-refractivity contribution in [2.45, 2.75) is 5.92 Å². The maximum absolute atomic E-state index is 12.8. The number of nitriles is 1. The Labute approximate surface area is 163 Å². The quantitative estimate of drug-likeness (QED) is 0.508. The minimum absolute atomic E-state index is 0.306. The van der Waals surface area contributed by atoms with Gasteiger partial charge in [-0.2, -0.15) is 15.0 Å². The van der Waals surface area contributed by atoms with Gasteiger partial charge in [0.15, 0.2) is 0 Å². The fraction of sp³-hybridized carbons (Fsp3) is 0.100. The van der Waals surface area contributed by atoms with E-state index in [1.54, 1.807) is 18.3 Å². The first-order valence-electron chi connectivity index (χ1n) is 8.26. The minimum Gasteiger partial charge on any atom is -0.330 e. The van der Waals surface area contributed by atoms with Gasteiger partial charge in [0, 0.05) is 12.6 Å². The van der Waals surface area contributed by atoms with Crippen LogP contribution in [-0.2, 0) is 7.05 Å². The molecule has 0 fully saturated rings. The molecule has 0 unspecified atom stereocenters. The Balaban J connectivity index is 1.86. The number of imidazole rings is 1. The third-order valence-electron chi connectivity index (χ3n) is 4.47. The van der Waals surface area contributed by atoms with E-state index in [1.165, 1.54) is 4.68 Å². The molecule has 0 radical (unpaired) electrons. The first-order chi connectivity index (χ1) is 13.1. The van der Waals surface area contributed by atoms with E-state index in [9.17, 15) is 10.1 Å². The van der Waals surface area contributed by atoms with Gasteiger partial charge in [-0.25, -0.2) is 4.98 Å². The number of hydrogen-bond donors (Lipinski definition) is 0. The number of benzene rings is 2. The van der Waals surface area contributed by atoms with Crippen molar-refractivity contribution in [1.82, 2.24) is 19.3 Å². The van der Waals surface area contributed by atoms with Crippen LogP contribution in [0.4, 0.5) is 0 Å². The molecule has 0 N–H and O–H groups in total. The molecule has 7 heteroatoms. The summed E-state index contributed by atoms with van der Waals surface area (Å²) in [6.07, 6.45) is 1.55. The van der Waals surface area contributed by atoms with E-state index >= 15 is 0 Å². The molecule has 132 valence electrons.